The van der Waals surface area contributed by atoms with Gasteiger partial charge in [-0.2, -0.15) is 5.10 Å². The van der Waals surface area contributed by atoms with Crippen molar-refractivity contribution in [1.29, 1.82) is 5.41 Å². The summed E-state index contributed by atoms with van der Waals surface area (Å²) in [6.45, 7) is 2.86. The first kappa shape index (κ1) is 19.5. The predicted octanol–water partition coefficient (Wildman–Crippen LogP) is 3.54. The Morgan fingerprint density at radius 2 is 2.19 bits per heavy atom. The van der Waals surface area contributed by atoms with Crippen LogP contribution in [0.25, 0.3) is 0 Å². The van der Waals surface area contributed by atoms with Crippen LogP contribution in [-0.2, 0) is 0 Å². The van der Waals surface area contributed by atoms with E-state index in [1.807, 2.05) is 12.1 Å². The van der Waals surface area contributed by atoms with E-state index in [1.54, 1.807) is 6.07 Å². The molecule has 5 nitrogen and oxygen atoms in total. The van der Waals surface area contributed by atoms with Crippen LogP contribution in [0.2, 0.25) is 5.02 Å². The summed E-state index contributed by atoms with van der Waals surface area (Å²) < 4.78 is 5.63. The molecule has 118 valence electrons. The lowest BCUT2D eigenvalue weighted by Crippen LogP contribution is -2.25. The number of guanidine groups is 1. The molecule has 0 spiro atoms. The van der Waals surface area contributed by atoms with Gasteiger partial charge in [0.15, 0.2) is 0 Å². The second kappa shape index (κ2) is 11.2. The van der Waals surface area contributed by atoms with E-state index in [9.17, 15) is 0 Å². The van der Waals surface area contributed by atoms with Crippen LogP contribution in [0, 0.1) is 5.41 Å². The molecule has 0 bridgehead atoms. The van der Waals surface area contributed by atoms with Gasteiger partial charge in [0.2, 0.25) is 5.96 Å². The van der Waals surface area contributed by atoms with Crippen LogP contribution in [0.5, 0.6) is 5.75 Å². The molecule has 0 aromatic heterocycles. The van der Waals surface area contributed by atoms with Crippen LogP contribution in [-0.4, -0.2) is 18.8 Å². The number of hydrogen-bond donors (Lipinski definition) is 3. The summed E-state index contributed by atoms with van der Waals surface area (Å²) in [5.74, 6) is 0.472. The van der Waals surface area contributed by atoms with Gasteiger partial charge in [0.05, 0.1) is 17.8 Å². The van der Waals surface area contributed by atoms with Gasteiger partial charge in [-0.1, -0.05) is 37.8 Å². The largest absolute Gasteiger partial charge is 0.492 e. The summed E-state index contributed by atoms with van der Waals surface area (Å²) >= 11 is 6.14. The normalized spacial score (nSPS) is 10.2. The van der Waals surface area contributed by atoms with Crippen molar-refractivity contribution in [2.45, 2.75) is 32.6 Å². The van der Waals surface area contributed by atoms with Gasteiger partial charge in [-0.15, -0.1) is 12.4 Å². The number of unbranched alkanes of at least 4 members (excludes halogenated alkanes) is 3. The third-order valence-corrected chi connectivity index (χ3v) is 2.91. The van der Waals surface area contributed by atoms with E-state index in [2.05, 4.69) is 17.5 Å². The highest BCUT2D eigenvalue weighted by molar-refractivity contribution is 6.32. The lowest BCUT2D eigenvalue weighted by atomic mass is 10.2. The van der Waals surface area contributed by atoms with Crippen molar-refractivity contribution in [2.75, 3.05) is 6.61 Å². The van der Waals surface area contributed by atoms with Crippen molar-refractivity contribution in [2.24, 2.45) is 10.8 Å². The minimum atomic E-state index is -0.209. The number of hydrazone groups is 1. The first-order valence-corrected chi connectivity index (χ1v) is 7.06. The second-order valence-corrected chi connectivity index (χ2v) is 4.79. The Morgan fingerprint density at radius 1 is 1.43 bits per heavy atom. The number of nitrogens with one attached hydrogen (secondary N) is 2. The van der Waals surface area contributed by atoms with Crippen molar-refractivity contribution in [3.05, 3.63) is 28.8 Å². The van der Waals surface area contributed by atoms with Crippen LogP contribution < -0.4 is 15.9 Å². The van der Waals surface area contributed by atoms with Crippen LogP contribution in [0.1, 0.15) is 38.2 Å². The molecule has 1 aromatic rings. The first-order chi connectivity index (χ1) is 9.63. The highest BCUT2D eigenvalue weighted by Gasteiger charge is 2.02. The van der Waals surface area contributed by atoms with Gasteiger partial charge in [0, 0.05) is 0 Å². The molecule has 0 amide bonds. The molecule has 0 saturated carbocycles. The molecule has 0 heterocycles. The highest BCUT2D eigenvalue weighted by atomic mass is 35.5. The summed E-state index contributed by atoms with van der Waals surface area (Å²) in [5.41, 5.74) is 8.26. The predicted molar refractivity (Wildman–Crippen MR) is 91.0 cm³/mol. The third-order valence-electron chi connectivity index (χ3n) is 2.61. The zero-order chi connectivity index (χ0) is 14.8. The van der Waals surface area contributed by atoms with Crippen molar-refractivity contribution >= 4 is 36.2 Å². The number of rotatable bonds is 8. The molecule has 21 heavy (non-hydrogen) atoms. The monoisotopic (exact) mass is 332 g/mol. The van der Waals surface area contributed by atoms with Crippen LogP contribution in [0.4, 0.5) is 0 Å². The zero-order valence-electron chi connectivity index (χ0n) is 12.1. The Bertz CT molecular complexity index is 466. The summed E-state index contributed by atoms with van der Waals surface area (Å²) in [6.07, 6.45) is 6.20. The standard InChI is InChI=1S/C14H21ClN4O.ClH/c1-2-3-4-5-8-20-13-7-6-11(9-12(13)15)10-18-19-14(16)17;/h6-7,9-10H,2-5,8H2,1H3,(H4,16,17,19);1H/b18-10+;. The SMILES string of the molecule is CCCCCCOc1ccc(/C=N/NC(=N)N)cc1Cl.Cl. The molecule has 0 atom stereocenters. The minimum absolute atomic E-state index is 0. The summed E-state index contributed by atoms with van der Waals surface area (Å²) in [7, 11) is 0. The van der Waals surface area contributed by atoms with Crippen LogP contribution in [0.3, 0.4) is 0 Å². The van der Waals surface area contributed by atoms with Crippen molar-refractivity contribution < 1.29 is 4.74 Å². The average molecular weight is 333 g/mol. The van der Waals surface area contributed by atoms with Crippen LogP contribution >= 0.6 is 24.0 Å². The maximum Gasteiger partial charge on any atom is 0.206 e. The molecular formula is C14H22Cl2N4O. The van der Waals surface area contributed by atoms with E-state index in [-0.39, 0.29) is 18.4 Å². The van der Waals surface area contributed by atoms with Crippen LogP contribution in [0.15, 0.2) is 23.3 Å². The Labute approximate surface area is 136 Å². The molecule has 0 aliphatic carbocycles. The lowest BCUT2D eigenvalue weighted by molar-refractivity contribution is 0.305. The highest BCUT2D eigenvalue weighted by Crippen LogP contribution is 2.25. The topological polar surface area (TPSA) is 83.5 Å². The molecule has 0 aliphatic rings. The molecule has 0 radical (unpaired) electrons. The summed E-state index contributed by atoms with van der Waals surface area (Å²) in [4.78, 5) is 0. The molecule has 0 saturated heterocycles. The Morgan fingerprint density at radius 3 is 2.81 bits per heavy atom. The van der Waals surface area contributed by atoms with Crippen molar-refractivity contribution in [3.63, 3.8) is 0 Å². The maximum atomic E-state index is 6.97. The fraction of sp³-hybridized carbons (Fsp3) is 0.429. The number of benzene rings is 1. The second-order valence-electron chi connectivity index (χ2n) is 4.38. The fourth-order valence-electron chi connectivity index (χ4n) is 1.60. The van der Waals surface area contributed by atoms with E-state index < -0.39 is 0 Å². The fourth-order valence-corrected chi connectivity index (χ4v) is 1.85. The molecule has 7 heteroatoms. The number of nitrogens with two attached hydrogens (primary N) is 1. The van der Waals surface area contributed by atoms with Gasteiger partial charge in [-0.25, -0.2) is 5.43 Å². The zero-order valence-corrected chi connectivity index (χ0v) is 13.6. The van der Waals surface area contributed by atoms with Gasteiger partial charge < -0.3 is 10.5 Å². The Hall–Kier alpha value is -1.46. The van der Waals surface area contributed by atoms with Gasteiger partial charge in [0.1, 0.15) is 5.75 Å². The molecule has 4 N–H and O–H groups in total. The van der Waals surface area contributed by atoms with E-state index >= 15 is 0 Å². The maximum absolute atomic E-state index is 6.97. The van der Waals surface area contributed by atoms with Gasteiger partial charge >= 0.3 is 0 Å². The number of halogens is 2. The van der Waals surface area contributed by atoms with Crippen molar-refractivity contribution in [1.82, 2.24) is 5.43 Å². The summed E-state index contributed by atoms with van der Waals surface area (Å²) in [6, 6.07) is 5.42. The summed E-state index contributed by atoms with van der Waals surface area (Å²) in [5, 5.41) is 11.3. The molecule has 0 unspecified atom stereocenters. The first-order valence-electron chi connectivity index (χ1n) is 6.69. The Kier molecular flexibility index (Phi) is 10.4. The lowest BCUT2D eigenvalue weighted by Gasteiger charge is -2.08. The number of nitrogens with zero attached hydrogens (tertiary/aromatic N) is 1. The smallest absolute Gasteiger partial charge is 0.206 e. The molecule has 0 fully saturated rings. The molecule has 1 aromatic carbocycles. The average Bonchev–Trinajstić information content (AvgIpc) is 2.40. The Balaban J connectivity index is 0.00000400. The van der Waals surface area contributed by atoms with Gasteiger partial charge in [-0.3, -0.25) is 5.41 Å². The number of hydrogen-bond acceptors (Lipinski definition) is 3. The van der Waals surface area contributed by atoms with E-state index in [0.29, 0.717) is 17.4 Å². The van der Waals surface area contributed by atoms with E-state index in [0.717, 1.165) is 12.0 Å². The van der Waals surface area contributed by atoms with E-state index in [4.69, 9.17) is 27.5 Å². The third kappa shape index (κ3) is 8.42. The molecule has 1 rings (SSSR count). The quantitative estimate of drug-likeness (QED) is 0.294. The molecule has 0 aliphatic heterocycles. The number of ether oxygens (including phenoxy) is 1. The van der Waals surface area contributed by atoms with E-state index in [1.165, 1.54) is 25.5 Å². The molecular weight excluding hydrogens is 311 g/mol. The van der Waals surface area contributed by atoms with Gasteiger partial charge in [0.25, 0.3) is 0 Å². The van der Waals surface area contributed by atoms with Gasteiger partial charge in [-0.05, 0) is 30.2 Å². The minimum Gasteiger partial charge on any atom is -0.492 e. The van der Waals surface area contributed by atoms with Crippen molar-refractivity contribution in [3.8, 4) is 5.75 Å².